The number of nitriles is 1. The predicted octanol–water partition coefficient (Wildman–Crippen LogP) is 2.40. The fourth-order valence-electron chi connectivity index (χ4n) is 1.47. The minimum absolute atomic E-state index is 0.136. The molecule has 88 valence electrons. The van der Waals surface area contributed by atoms with Crippen LogP contribution in [0.2, 0.25) is 0 Å². The Hall–Kier alpha value is -1.34. The van der Waals surface area contributed by atoms with Crippen LogP contribution in [-0.2, 0) is 6.54 Å². The minimum Gasteiger partial charge on any atom is -0.445 e. The summed E-state index contributed by atoms with van der Waals surface area (Å²) < 4.78 is 5.35. The number of hydrogen-bond acceptors (Lipinski definition) is 4. The molecule has 0 bridgehead atoms. The molecule has 4 nitrogen and oxygen atoms in total. The van der Waals surface area contributed by atoms with Crippen LogP contribution >= 0.6 is 0 Å². The first-order chi connectivity index (χ1) is 7.53. The van der Waals surface area contributed by atoms with Crippen molar-refractivity contribution in [3.05, 3.63) is 17.8 Å². The van der Waals surface area contributed by atoms with Crippen molar-refractivity contribution >= 4 is 0 Å². The molecule has 4 heteroatoms. The summed E-state index contributed by atoms with van der Waals surface area (Å²) in [6, 6.07) is 2.18. The third-order valence-electron chi connectivity index (χ3n) is 2.46. The molecule has 0 atom stereocenters. The zero-order chi connectivity index (χ0) is 12.0. The van der Waals surface area contributed by atoms with Crippen molar-refractivity contribution in [2.75, 3.05) is 6.54 Å². The molecule has 1 N–H and O–H groups in total. The van der Waals surface area contributed by atoms with Crippen molar-refractivity contribution < 1.29 is 4.42 Å². The average Bonchev–Trinajstić information content (AvgIpc) is 2.61. The van der Waals surface area contributed by atoms with E-state index in [1.807, 2.05) is 6.92 Å². The van der Waals surface area contributed by atoms with Gasteiger partial charge in [0.25, 0.3) is 0 Å². The minimum atomic E-state index is 0.136. The predicted molar refractivity (Wildman–Crippen MR) is 61.6 cm³/mol. The van der Waals surface area contributed by atoms with Gasteiger partial charge in [0.1, 0.15) is 5.76 Å². The van der Waals surface area contributed by atoms with Crippen molar-refractivity contribution in [2.24, 2.45) is 5.41 Å². The number of nitrogens with one attached hydrogen (secondary N) is 1. The fraction of sp³-hybridized carbons (Fsp3) is 0.667. The highest BCUT2D eigenvalue weighted by Crippen LogP contribution is 2.20. The monoisotopic (exact) mass is 221 g/mol. The number of aryl methyl sites for hydroxylation is 1. The highest BCUT2D eigenvalue weighted by molar-refractivity contribution is 4.90. The van der Waals surface area contributed by atoms with E-state index in [9.17, 15) is 0 Å². The highest BCUT2D eigenvalue weighted by atomic mass is 16.4. The Balaban J connectivity index is 2.27. The maximum atomic E-state index is 8.54. The Labute approximate surface area is 96.7 Å². The first-order valence-electron chi connectivity index (χ1n) is 5.52. The molecule has 0 radical (unpaired) electrons. The van der Waals surface area contributed by atoms with E-state index in [1.165, 1.54) is 0 Å². The summed E-state index contributed by atoms with van der Waals surface area (Å²) in [7, 11) is 0. The van der Waals surface area contributed by atoms with E-state index >= 15 is 0 Å². The van der Waals surface area contributed by atoms with Gasteiger partial charge in [-0.1, -0.05) is 13.8 Å². The van der Waals surface area contributed by atoms with Gasteiger partial charge in [0.2, 0.25) is 5.89 Å². The Bertz CT molecular complexity index is 363. The number of nitrogens with zero attached hydrogens (tertiary/aromatic N) is 2. The average molecular weight is 221 g/mol. The van der Waals surface area contributed by atoms with Crippen LogP contribution in [0.1, 0.15) is 38.3 Å². The van der Waals surface area contributed by atoms with E-state index in [-0.39, 0.29) is 5.41 Å². The molecule has 0 aliphatic rings. The molecule has 0 amide bonds. The van der Waals surface area contributed by atoms with Crippen LogP contribution in [0.4, 0.5) is 0 Å². The van der Waals surface area contributed by atoms with Gasteiger partial charge >= 0.3 is 0 Å². The van der Waals surface area contributed by atoms with Gasteiger partial charge in [-0.3, -0.25) is 0 Å². The molecule has 0 aliphatic heterocycles. The standard InChI is InChI=1S/C12H19N3O/c1-10-7-15-11(16-10)8-14-9-12(2,3)5-4-6-13/h7,14H,4-5,8-9H2,1-3H3. The second-order valence-corrected chi connectivity index (χ2v) is 4.79. The Morgan fingerprint density at radius 3 is 2.88 bits per heavy atom. The topological polar surface area (TPSA) is 61.9 Å². The summed E-state index contributed by atoms with van der Waals surface area (Å²) in [6.45, 7) is 7.68. The van der Waals surface area contributed by atoms with E-state index in [2.05, 4.69) is 30.2 Å². The zero-order valence-electron chi connectivity index (χ0n) is 10.2. The van der Waals surface area contributed by atoms with Gasteiger partial charge in [-0.25, -0.2) is 4.98 Å². The SMILES string of the molecule is Cc1cnc(CNCC(C)(C)CCC#N)o1. The molecule has 0 aromatic carbocycles. The third kappa shape index (κ3) is 4.45. The maximum Gasteiger partial charge on any atom is 0.208 e. The quantitative estimate of drug-likeness (QED) is 0.801. The lowest BCUT2D eigenvalue weighted by Crippen LogP contribution is -2.29. The molecule has 1 heterocycles. The third-order valence-corrected chi connectivity index (χ3v) is 2.46. The van der Waals surface area contributed by atoms with E-state index < -0.39 is 0 Å². The fourth-order valence-corrected chi connectivity index (χ4v) is 1.47. The van der Waals surface area contributed by atoms with Crippen LogP contribution in [0.25, 0.3) is 0 Å². The Morgan fingerprint density at radius 1 is 1.56 bits per heavy atom. The molecule has 0 saturated carbocycles. The molecule has 0 aliphatic carbocycles. The number of aromatic nitrogens is 1. The lowest BCUT2D eigenvalue weighted by molar-refractivity contribution is 0.309. The summed E-state index contributed by atoms with van der Waals surface area (Å²) in [5.74, 6) is 1.55. The van der Waals surface area contributed by atoms with E-state index in [0.29, 0.717) is 18.9 Å². The zero-order valence-corrected chi connectivity index (χ0v) is 10.2. The summed E-state index contributed by atoms with van der Waals surface area (Å²) >= 11 is 0. The maximum absolute atomic E-state index is 8.54. The summed E-state index contributed by atoms with van der Waals surface area (Å²) in [5.41, 5.74) is 0.136. The van der Waals surface area contributed by atoms with Crippen molar-refractivity contribution in [2.45, 2.75) is 40.2 Å². The van der Waals surface area contributed by atoms with Gasteiger partial charge in [0, 0.05) is 13.0 Å². The first-order valence-corrected chi connectivity index (χ1v) is 5.52. The van der Waals surface area contributed by atoms with Crippen molar-refractivity contribution in [3.8, 4) is 6.07 Å². The molecule has 0 unspecified atom stereocenters. The smallest absolute Gasteiger partial charge is 0.208 e. The van der Waals surface area contributed by atoms with Crippen LogP contribution in [0, 0.1) is 23.7 Å². The van der Waals surface area contributed by atoms with Gasteiger partial charge in [0.15, 0.2) is 0 Å². The lowest BCUT2D eigenvalue weighted by atomic mass is 9.88. The second-order valence-electron chi connectivity index (χ2n) is 4.79. The molecular weight excluding hydrogens is 202 g/mol. The van der Waals surface area contributed by atoms with Gasteiger partial charge < -0.3 is 9.73 Å². The summed E-state index contributed by atoms with van der Waals surface area (Å²) in [5, 5.41) is 11.8. The van der Waals surface area contributed by atoms with Gasteiger partial charge in [0.05, 0.1) is 18.8 Å². The van der Waals surface area contributed by atoms with Crippen molar-refractivity contribution in [3.63, 3.8) is 0 Å². The molecule has 0 saturated heterocycles. The van der Waals surface area contributed by atoms with Crippen molar-refractivity contribution in [1.82, 2.24) is 10.3 Å². The first kappa shape index (κ1) is 12.7. The largest absolute Gasteiger partial charge is 0.445 e. The van der Waals surface area contributed by atoms with E-state index in [0.717, 1.165) is 18.7 Å². The van der Waals surface area contributed by atoms with E-state index in [4.69, 9.17) is 9.68 Å². The van der Waals surface area contributed by atoms with Crippen LogP contribution < -0.4 is 5.32 Å². The van der Waals surface area contributed by atoms with Crippen molar-refractivity contribution in [1.29, 1.82) is 5.26 Å². The molecule has 0 fully saturated rings. The lowest BCUT2D eigenvalue weighted by Gasteiger charge is -2.23. The van der Waals surface area contributed by atoms with Crippen LogP contribution in [-0.4, -0.2) is 11.5 Å². The molecular formula is C12H19N3O. The van der Waals surface area contributed by atoms with E-state index in [1.54, 1.807) is 6.20 Å². The molecule has 1 aromatic rings. The highest BCUT2D eigenvalue weighted by Gasteiger charge is 2.16. The Kier molecular flexibility index (Phi) is 4.51. The molecule has 16 heavy (non-hydrogen) atoms. The molecule has 1 aromatic heterocycles. The van der Waals surface area contributed by atoms with Crippen LogP contribution in [0.15, 0.2) is 10.6 Å². The van der Waals surface area contributed by atoms with Gasteiger partial charge in [-0.2, -0.15) is 5.26 Å². The van der Waals surface area contributed by atoms with Gasteiger partial charge in [-0.15, -0.1) is 0 Å². The van der Waals surface area contributed by atoms with Gasteiger partial charge in [-0.05, 0) is 18.8 Å². The summed E-state index contributed by atoms with van der Waals surface area (Å²) in [6.07, 6.45) is 3.23. The Morgan fingerprint density at radius 2 is 2.31 bits per heavy atom. The molecule has 0 spiro atoms. The van der Waals surface area contributed by atoms with Crippen LogP contribution in [0.3, 0.4) is 0 Å². The molecule has 1 rings (SSSR count). The normalized spacial score (nSPS) is 11.4. The second kappa shape index (κ2) is 5.66. The number of oxazole rings is 1. The summed E-state index contributed by atoms with van der Waals surface area (Å²) in [4.78, 5) is 4.12. The number of hydrogen-bond donors (Lipinski definition) is 1. The number of rotatable bonds is 6. The van der Waals surface area contributed by atoms with Crippen LogP contribution in [0.5, 0.6) is 0 Å².